The zero-order chi connectivity index (χ0) is 19.6. The number of carbonyl (C=O) groups excluding carboxylic acids is 2. The second-order valence-corrected chi connectivity index (χ2v) is 7.26. The van der Waals surface area contributed by atoms with Crippen LogP contribution >= 0.6 is 0 Å². The van der Waals surface area contributed by atoms with Crippen LogP contribution in [0.2, 0.25) is 0 Å². The topological polar surface area (TPSA) is 63.4 Å². The Bertz CT molecular complexity index is 873. The number of hydrogen-bond acceptors (Lipinski definition) is 3. The van der Waals surface area contributed by atoms with Crippen LogP contribution in [0.5, 0.6) is 0 Å². The highest BCUT2D eigenvalue weighted by Crippen LogP contribution is 2.27. The van der Waals surface area contributed by atoms with E-state index in [4.69, 9.17) is 5.73 Å². The van der Waals surface area contributed by atoms with Crippen molar-refractivity contribution in [2.45, 2.75) is 45.1 Å². The zero-order valence-corrected chi connectivity index (χ0v) is 15.8. The van der Waals surface area contributed by atoms with Gasteiger partial charge in [-0.15, -0.1) is 0 Å². The summed E-state index contributed by atoms with van der Waals surface area (Å²) < 4.78 is 13.3. The van der Waals surface area contributed by atoms with Crippen molar-refractivity contribution in [3.63, 3.8) is 0 Å². The number of ketones is 1. The van der Waals surface area contributed by atoms with Gasteiger partial charge in [-0.25, -0.2) is 4.39 Å². The van der Waals surface area contributed by atoms with Gasteiger partial charge in [0.1, 0.15) is 5.82 Å². The molecule has 2 aromatic carbocycles. The summed E-state index contributed by atoms with van der Waals surface area (Å²) in [5.41, 5.74) is 7.94. The molecule has 0 saturated heterocycles. The number of amides is 1. The molecule has 0 heterocycles. The van der Waals surface area contributed by atoms with E-state index in [9.17, 15) is 14.0 Å². The summed E-state index contributed by atoms with van der Waals surface area (Å²) in [7, 11) is 1.80. The first-order chi connectivity index (χ1) is 12.9. The molecule has 1 fully saturated rings. The molecule has 0 spiro atoms. The van der Waals surface area contributed by atoms with Gasteiger partial charge in [0.15, 0.2) is 5.78 Å². The largest absolute Gasteiger partial charge is 0.397 e. The first-order valence-corrected chi connectivity index (χ1v) is 9.36. The second-order valence-electron chi connectivity index (χ2n) is 7.26. The van der Waals surface area contributed by atoms with E-state index in [1.807, 2.05) is 0 Å². The molecule has 27 heavy (non-hydrogen) atoms. The quantitative estimate of drug-likeness (QED) is 0.644. The third kappa shape index (κ3) is 3.87. The van der Waals surface area contributed by atoms with Gasteiger partial charge in [0.05, 0.1) is 11.3 Å². The molecule has 4 nitrogen and oxygen atoms in total. The van der Waals surface area contributed by atoms with Crippen molar-refractivity contribution in [1.82, 2.24) is 4.90 Å². The molecule has 1 amide bonds. The van der Waals surface area contributed by atoms with Crippen molar-refractivity contribution in [3.05, 3.63) is 64.5 Å². The third-order valence-electron chi connectivity index (χ3n) is 5.46. The second kappa shape index (κ2) is 7.91. The van der Waals surface area contributed by atoms with Crippen LogP contribution in [-0.2, 0) is 0 Å². The van der Waals surface area contributed by atoms with E-state index in [0.29, 0.717) is 16.7 Å². The number of para-hydroxylation sites is 1. The predicted octanol–water partition coefficient (Wildman–Crippen LogP) is 4.35. The van der Waals surface area contributed by atoms with Gasteiger partial charge in [0.25, 0.3) is 5.91 Å². The SMILES string of the molecule is Cc1cc(F)ccc1C(=O)c1cccc(C(=O)N(C)C2CCCCC2)c1N. The molecule has 1 aliphatic carbocycles. The summed E-state index contributed by atoms with van der Waals surface area (Å²) in [6.45, 7) is 1.68. The van der Waals surface area contributed by atoms with E-state index in [1.165, 1.54) is 24.6 Å². The van der Waals surface area contributed by atoms with Crippen molar-refractivity contribution in [3.8, 4) is 0 Å². The van der Waals surface area contributed by atoms with Crippen molar-refractivity contribution in [2.75, 3.05) is 12.8 Å². The highest BCUT2D eigenvalue weighted by Gasteiger charge is 2.26. The molecular formula is C22H25FN2O2. The Morgan fingerprint density at radius 3 is 2.37 bits per heavy atom. The van der Waals surface area contributed by atoms with E-state index < -0.39 is 5.82 Å². The number of nitrogen functional groups attached to an aromatic ring is 1. The lowest BCUT2D eigenvalue weighted by molar-refractivity contribution is 0.0697. The van der Waals surface area contributed by atoms with Gasteiger partial charge in [0.2, 0.25) is 0 Å². The lowest BCUT2D eigenvalue weighted by atomic mass is 9.93. The smallest absolute Gasteiger partial charge is 0.255 e. The number of anilines is 1. The summed E-state index contributed by atoms with van der Waals surface area (Å²) in [4.78, 5) is 27.6. The highest BCUT2D eigenvalue weighted by atomic mass is 19.1. The maximum Gasteiger partial charge on any atom is 0.255 e. The monoisotopic (exact) mass is 368 g/mol. The minimum atomic E-state index is -0.393. The Hall–Kier alpha value is -2.69. The number of nitrogens with zero attached hydrogens (tertiary/aromatic N) is 1. The van der Waals surface area contributed by atoms with Crippen molar-refractivity contribution < 1.29 is 14.0 Å². The molecular weight excluding hydrogens is 343 g/mol. The van der Waals surface area contributed by atoms with E-state index in [-0.39, 0.29) is 29.0 Å². The van der Waals surface area contributed by atoms with Crippen LogP contribution in [0.4, 0.5) is 10.1 Å². The summed E-state index contributed by atoms with van der Waals surface area (Å²) >= 11 is 0. The third-order valence-corrected chi connectivity index (χ3v) is 5.46. The Labute approximate surface area is 159 Å². The van der Waals surface area contributed by atoms with Crippen LogP contribution in [0.1, 0.15) is 63.9 Å². The Morgan fingerprint density at radius 2 is 1.70 bits per heavy atom. The molecule has 5 heteroatoms. The minimum Gasteiger partial charge on any atom is -0.397 e. The fourth-order valence-electron chi connectivity index (χ4n) is 3.80. The molecule has 0 bridgehead atoms. The number of rotatable bonds is 4. The van der Waals surface area contributed by atoms with Gasteiger partial charge in [-0.2, -0.15) is 0 Å². The molecule has 0 radical (unpaired) electrons. The fraction of sp³-hybridized carbons (Fsp3) is 0.364. The highest BCUT2D eigenvalue weighted by molar-refractivity contribution is 6.15. The van der Waals surface area contributed by atoms with Gasteiger partial charge in [-0.1, -0.05) is 25.3 Å². The lowest BCUT2D eigenvalue weighted by Gasteiger charge is -2.31. The molecule has 0 atom stereocenters. The van der Waals surface area contributed by atoms with Crippen LogP contribution in [0.25, 0.3) is 0 Å². The Kier molecular flexibility index (Phi) is 5.59. The fourth-order valence-corrected chi connectivity index (χ4v) is 3.80. The maximum absolute atomic E-state index is 13.3. The van der Waals surface area contributed by atoms with Crippen molar-refractivity contribution >= 4 is 17.4 Å². The summed E-state index contributed by atoms with van der Waals surface area (Å²) in [5, 5.41) is 0. The maximum atomic E-state index is 13.3. The van der Waals surface area contributed by atoms with Gasteiger partial charge in [0, 0.05) is 24.2 Å². The first kappa shape index (κ1) is 19.1. The molecule has 0 aromatic heterocycles. The Balaban J connectivity index is 1.91. The Morgan fingerprint density at radius 1 is 1.04 bits per heavy atom. The normalized spacial score (nSPS) is 14.8. The number of nitrogens with two attached hydrogens (primary N) is 1. The number of benzene rings is 2. The van der Waals surface area contributed by atoms with E-state index in [0.717, 1.165) is 25.7 Å². The molecule has 1 aliphatic rings. The standard InChI is InChI=1S/C22H25FN2O2/c1-14-13-15(23)11-12-17(14)21(26)18-9-6-10-19(20(18)24)22(27)25(2)16-7-4-3-5-8-16/h6,9-13,16H,3-5,7-8,24H2,1-2H3. The zero-order valence-electron chi connectivity index (χ0n) is 15.8. The molecule has 2 aromatic rings. The molecule has 2 N–H and O–H groups in total. The van der Waals surface area contributed by atoms with Gasteiger partial charge >= 0.3 is 0 Å². The van der Waals surface area contributed by atoms with Gasteiger partial charge in [-0.3, -0.25) is 9.59 Å². The molecule has 0 unspecified atom stereocenters. The number of aryl methyl sites for hydroxylation is 1. The van der Waals surface area contributed by atoms with E-state index in [1.54, 1.807) is 37.1 Å². The summed E-state index contributed by atoms with van der Waals surface area (Å²) in [5.74, 6) is -0.861. The van der Waals surface area contributed by atoms with Gasteiger partial charge in [-0.05, 0) is 55.7 Å². The van der Waals surface area contributed by atoms with Crippen LogP contribution in [0, 0.1) is 12.7 Å². The predicted molar refractivity (Wildman–Crippen MR) is 104 cm³/mol. The lowest BCUT2D eigenvalue weighted by Crippen LogP contribution is -2.38. The van der Waals surface area contributed by atoms with Crippen LogP contribution in [-0.4, -0.2) is 29.7 Å². The number of halogens is 1. The minimum absolute atomic E-state index is 0.162. The summed E-state index contributed by atoms with van der Waals surface area (Å²) in [6, 6.07) is 9.17. The average molecular weight is 368 g/mol. The van der Waals surface area contributed by atoms with Crippen LogP contribution in [0.3, 0.4) is 0 Å². The van der Waals surface area contributed by atoms with Crippen molar-refractivity contribution in [1.29, 1.82) is 0 Å². The average Bonchev–Trinajstić information content (AvgIpc) is 2.67. The van der Waals surface area contributed by atoms with Crippen molar-refractivity contribution in [2.24, 2.45) is 0 Å². The molecule has 142 valence electrons. The number of hydrogen-bond donors (Lipinski definition) is 1. The molecule has 3 rings (SSSR count). The summed E-state index contributed by atoms with van der Waals surface area (Å²) in [6.07, 6.45) is 5.45. The molecule has 1 saturated carbocycles. The first-order valence-electron chi connectivity index (χ1n) is 9.36. The van der Waals surface area contributed by atoms with Gasteiger partial charge < -0.3 is 10.6 Å². The molecule has 0 aliphatic heterocycles. The number of carbonyl (C=O) groups is 2. The van der Waals surface area contributed by atoms with E-state index >= 15 is 0 Å². The van der Waals surface area contributed by atoms with Crippen LogP contribution in [0.15, 0.2) is 36.4 Å². The van der Waals surface area contributed by atoms with Crippen LogP contribution < -0.4 is 5.73 Å². The van der Waals surface area contributed by atoms with E-state index in [2.05, 4.69) is 0 Å².